The van der Waals surface area contributed by atoms with E-state index in [2.05, 4.69) is 4.99 Å². The van der Waals surface area contributed by atoms with E-state index in [1.807, 2.05) is 36.4 Å². The molecule has 1 unspecified atom stereocenters. The minimum Gasteiger partial charge on any atom is -0.497 e. The second-order valence-corrected chi connectivity index (χ2v) is 9.44. The van der Waals surface area contributed by atoms with E-state index in [0.717, 1.165) is 11.1 Å². The van der Waals surface area contributed by atoms with Gasteiger partial charge in [0.25, 0.3) is 5.56 Å². The first-order valence-corrected chi connectivity index (χ1v) is 12.2. The SMILES string of the molecule is COC(=O)C1=C(C)N=c2s/c(=C\c3ccc(-c4ccccc4Cl)o3)c(=O)n2C1c1ccc(OC)cc1. The van der Waals surface area contributed by atoms with E-state index < -0.39 is 12.0 Å². The van der Waals surface area contributed by atoms with Crippen LogP contribution < -0.4 is 19.6 Å². The van der Waals surface area contributed by atoms with E-state index in [-0.39, 0.29) is 5.56 Å². The lowest BCUT2D eigenvalue weighted by Gasteiger charge is -2.24. The largest absolute Gasteiger partial charge is 0.497 e. The summed E-state index contributed by atoms with van der Waals surface area (Å²) in [5.41, 5.74) is 2.01. The van der Waals surface area contributed by atoms with E-state index >= 15 is 0 Å². The Labute approximate surface area is 215 Å². The van der Waals surface area contributed by atoms with Gasteiger partial charge in [-0.25, -0.2) is 9.79 Å². The van der Waals surface area contributed by atoms with E-state index in [1.165, 1.54) is 23.0 Å². The monoisotopic (exact) mass is 520 g/mol. The van der Waals surface area contributed by atoms with Crippen LogP contribution in [0.5, 0.6) is 5.75 Å². The number of thiazole rings is 1. The van der Waals surface area contributed by atoms with E-state index in [9.17, 15) is 9.59 Å². The van der Waals surface area contributed by atoms with Crippen LogP contribution in [-0.2, 0) is 9.53 Å². The van der Waals surface area contributed by atoms with Crippen LogP contribution in [0.3, 0.4) is 0 Å². The molecule has 2 aromatic heterocycles. The first kappa shape index (κ1) is 23.8. The van der Waals surface area contributed by atoms with Gasteiger partial charge in [-0.15, -0.1) is 0 Å². The Hall–Kier alpha value is -3.88. The molecule has 0 saturated carbocycles. The molecule has 1 aliphatic heterocycles. The molecule has 1 atom stereocenters. The number of esters is 1. The number of benzene rings is 2. The Bertz CT molecular complexity index is 1680. The molecule has 0 aliphatic carbocycles. The number of furan rings is 1. The summed E-state index contributed by atoms with van der Waals surface area (Å²) in [6.45, 7) is 1.74. The number of hydrogen-bond donors (Lipinski definition) is 0. The number of halogens is 1. The lowest BCUT2D eigenvalue weighted by atomic mass is 9.96. The Balaban J connectivity index is 1.65. The quantitative estimate of drug-likeness (QED) is 0.366. The molecule has 2 aromatic carbocycles. The van der Waals surface area contributed by atoms with Crippen molar-refractivity contribution in [3.05, 3.63) is 108 Å². The fourth-order valence-corrected chi connectivity index (χ4v) is 5.42. The molecular formula is C27H21ClN2O5S. The fraction of sp³-hybridized carbons (Fsp3) is 0.148. The minimum atomic E-state index is -0.697. The Morgan fingerprint density at radius 2 is 1.86 bits per heavy atom. The average molecular weight is 521 g/mol. The van der Waals surface area contributed by atoms with Crippen LogP contribution >= 0.6 is 22.9 Å². The fourth-order valence-electron chi connectivity index (χ4n) is 4.16. The summed E-state index contributed by atoms with van der Waals surface area (Å²) in [6.07, 6.45) is 1.67. The number of hydrogen-bond acceptors (Lipinski definition) is 7. The molecule has 36 heavy (non-hydrogen) atoms. The first-order valence-electron chi connectivity index (χ1n) is 11.0. The standard InChI is InChI=1S/C27H21ClN2O5S/c1-15-23(26(32)34-3)24(16-8-10-17(33-2)11-9-16)30-25(31)22(36-27(30)29-15)14-18-12-13-21(35-18)19-6-4-5-7-20(19)28/h4-14,24H,1-3H3/b22-14-. The van der Waals surface area contributed by atoms with Gasteiger partial charge in [0.05, 0.1) is 41.1 Å². The Morgan fingerprint density at radius 1 is 1.11 bits per heavy atom. The van der Waals surface area contributed by atoms with Gasteiger partial charge in [-0.3, -0.25) is 9.36 Å². The molecule has 7 nitrogen and oxygen atoms in total. The van der Waals surface area contributed by atoms with Crippen LogP contribution in [-0.4, -0.2) is 24.8 Å². The van der Waals surface area contributed by atoms with E-state index in [0.29, 0.717) is 42.9 Å². The number of allylic oxidation sites excluding steroid dienone is 1. The van der Waals surface area contributed by atoms with Crippen molar-refractivity contribution in [1.29, 1.82) is 0 Å². The van der Waals surface area contributed by atoms with Crippen LogP contribution in [0.4, 0.5) is 0 Å². The zero-order valence-electron chi connectivity index (χ0n) is 19.7. The highest BCUT2D eigenvalue weighted by molar-refractivity contribution is 7.07. The van der Waals surface area contributed by atoms with Crippen molar-refractivity contribution in [2.45, 2.75) is 13.0 Å². The Morgan fingerprint density at radius 3 is 2.56 bits per heavy atom. The van der Waals surface area contributed by atoms with Crippen LogP contribution in [0.25, 0.3) is 17.4 Å². The van der Waals surface area contributed by atoms with E-state index in [4.69, 9.17) is 25.5 Å². The van der Waals surface area contributed by atoms with Crippen molar-refractivity contribution in [2.75, 3.05) is 14.2 Å². The maximum absolute atomic E-state index is 13.6. The molecule has 0 saturated heterocycles. The molecule has 4 aromatic rings. The third-order valence-corrected chi connectivity index (χ3v) is 7.21. The van der Waals surface area contributed by atoms with Gasteiger partial charge in [0, 0.05) is 11.6 Å². The number of nitrogens with zero attached hydrogens (tertiary/aromatic N) is 2. The van der Waals surface area contributed by atoms with Crippen LogP contribution in [0.15, 0.2) is 86.1 Å². The summed E-state index contributed by atoms with van der Waals surface area (Å²) in [7, 11) is 2.89. The highest BCUT2D eigenvalue weighted by atomic mass is 35.5. The number of aromatic nitrogens is 1. The average Bonchev–Trinajstić information content (AvgIpc) is 3.47. The molecule has 0 fully saturated rings. The van der Waals surface area contributed by atoms with Gasteiger partial charge < -0.3 is 13.9 Å². The zero-order chi connectivity index (χ0) is 25.4. The molecule has 182 valence electrons. The molecular weight excluding hydrogens is 500 g/mol. The van der Waals surface area contributed by atoms with Crippen molar-refractivity contribution in [3.8, 4) is 17.1 Å². The number of fused-ring (bicyclic) bond motifs is 1. The summed E-state index contributed by atoms with van der Waals surface area (Å²) in [4.78, 5) is 31.4. The van der Waals surface area contributed by atoms with Gasteiger partial charge in [-0.2, -0.15) is 0 Å². The van der Waals surface area contributed by atoms with Gasteiger partial charge >= 0.3 is 5.97 Å². The number of ether oxygens (including phenoxy) is 2. The van der Waals surface area contributed by atoms with E-state index in [1.54, 1.807) is 44.4 Å². The predicted molar refractivity (Wildman–Crippen MR) is 138 cm³/mol. The molecule has 0 spiro atoms. The van der Waals surface area contributed by atoms with Crippen LogP contribution in [0, 0.1) is 0 Å². The summed E-state index contributed by atoms with van der Waals surface area (Å²) in [5.74, 6) is 1.22. The van der Waals surface area contributed by atoms with Gasteiger partial charge in [0.1, 0.15) is 17.3 Å². The maximum Gasteiger partial charge on any atom is 0.338 e. The second-order valence-electron chi connectivity index (χ2n) is 8.03. The van der Waals surface area contributed by atoms with Gasteiger partial charge in [-0.1, -0.05) is 47.2 Å². The first-order chi connectivity index (χ1) is 17.4. The molecule has 0 amide bonds. The third-order valence-electron chi connectivity index (χ3n) is 5.90. The molecule has 0 bridgehead atoms. The minimum absolute atomic E-state index is 0.288. The van der Waals surface area contributed by atoms with Gasteiger partial charge in [0.2, 0.25) is 0 Å². The Kier molecular flexibility index (Phi) is 6.38. The molecule has 0 N–H and O–H groups in total. The lowest BCUT2D eigenvalue weighted by Crippen LogP contribution is -2.39. The summed E-state index contributed by atoms with van der Waals surface area (Å²) >= 11 is 7.52. The van der Waals surface area contributed by atoms with Crippen molar-refractivity contribution in [2.24, 2.45) is 4.99 Å². The van der Waals surface area contributed by atoms with Gasteiger partial charge in [0.15, 0.2) is 4.80 Å². The predicted octanol–water partition coefficient (Wildman–Crippen LogP) is 4.33. The zero-order valence-corrected chi connectivity index (χ0v) is 21.2. The summed E-state index contributed by atoms with van der Waals surface area (Å²) < 4.78 is 18.2. The number of rotatable bonds is 5. The maximum atomic E-state index is 13.6. The molecule has 5 rings (SSSR count). The second kappa shape index (κ2) is 9.64. The highest BCUT2D eigenvalue weighted by Gasteiger charge is 2.33. The number of methoxy groups -OCH3 is 2. The van der Waals surface area contributed by atoms with Crippen molar-refractivity contribution in [1.82, 2.24) is 4.57 Å². The smallest absolute Gasteiger partial charge is 0.338 e. The highest BCUT2D eigenvalue weighted by Crippen LogP contribution is 2.32. The van der Waals surface area contributed by atoms with Crippen LogP contribution in [0.1, 0.15) is 24.3 Å². The van der Waals surface area contributed by atoms with Crippen molar-refractivity contribution in [3.63, 3.8) is 0 Å². The lowest BCUT2D eigenvalue weighted by molar-refractivity contribution is -0.136. The third kappa shape index (κ3) is 4.19. The summed E-state index contributed by atoms with van der Waals surface area (Å²) in [5, 5.41) is 0.572. The molecule has 0 radical (unpaired) electrons. The van der Waals surface area contributed by atoms with Crippen LogP contribution in [0.2, 0.25) is 5.02 Å². The van der Waals surface area contributed by atoms with Gasteiger partial charge in [-0.05, 0) is 48.9 Å². The normalized spacial score (nSPS) is 15.4. The summed E-state index contributed by atoms with van der Waals surface area (Å²) in [6, 6.07) is 17.5. The number of carbonyl (C=O) groups excluding carboxylic acids is 1. The molecule has 1 aliphatic rings. The van der Waals surface area contributed by atoms with Crippen molar-refractivity contribution >= 4 is 35.0 Å². The van der Waals surface area contributed by atoms with Crippen molar-refractivity contribution < 1.29 is 18.7 Å². The number of carbonyl (C=O) groups is 1. The molecule has 9 heteroatoms. The topological polar surface area (TPSA) is 83.0 Å². The molecule has 3 heterocycles.